The molecular weight excluding hydrogens is 246 g/mol. The second-order valence-electron chi connectivity index (χ2n) is 5.49. The van der Waals surface area contributed by atoms with E-state index in [2.05, 4.69) is 21.8 Å². The predicted molar refractivity (Wildman–Crippen MR) is 71.6 cm³/mol. The summed E-state index contributed by atoms with van der Waals surface area (Å²) in [5.41, 5.74) is 0.217. The van der Waals surface area contributed by atoms with Gasteiger partial charge in [-0.3, -0.25) is 0 Å². The fraction of sp³-hybridized carbons (Fsp3) is 0.846. The molecule has 2 fully saturated rings. The molecule has 2 atom stereocenters. The van der Waals surface area contributed by atoms with E-state index < -0.39 is 0 Å². The van der Waals surface area contributed by atoms with Crippen molar-refractivity contribution in [3.8, 4) is 0 Å². The molecule has 0 bridgehead atoms. The summed E-state index contributed by atoms with van der Waals surface area (Å²) in [6.07, 6.45) is 8.11. The Balaban J connectivity index is 1.73. The maximum absolute atomic E-state index is 6.02. The van der Waals surface area contributed by atoms with Crippen LogP contribution in [0.25, 0.3) is 0 Å². The van der Waals surface area contributed by atoms with E-state index in [1.165, 1.54) is 42.1 Å². The van der Waals surface area contributed by atoms with Gasteiger partial charge < -0.3 is 10.1 Å². The number of nitrogens with one attached hydrogen (secondary N) is 1. The molecule has 1 aliphatic carbocycles. The SMILES string of the molecule is CCNC(c1cnns1)C1CCOC2(CCC2)C1. The third kappa shape index (κ3) is 2.31. The van der Waals surface area contributed by atoms with Crippen molar-refractivity contribution in [2.75, 3.05) is 13.2 Å². The molecule has 2 unspecified atom stereocenters. The van der Waals surface area contributed by atoms with Gasteiger partial charge in [-0.05, 0) is 56.1 Å². The van der Waals surface area contributed by atoms with Crippen LogP contribution in [0.5, 0.6) is 0 Å². The highest BCUT2D eigenvalue weighted by Crippen LogP contribution is 2.47. The molecule has 2 aliphatic rings. The lowest BCUT2D eigenvalue weighted by Crippen LogP contribution is -2.47. The Bertz CT molecular complexity index is 378. The molecular formula is C13H21N3OS. The first-order valence-electron chi connectivity index (χ1n) is 6.97. The Labute approximate surface area is 112 Å². The molecule has 1 aromatic rings. The van der Waals surface area contributed by atoms with E-state index in [9.17, 15) is 0 Å². The Morgan fingerprint density at radius 1 is 1.61 bits per heavy atom. The predicted octanol–water partition coefficient (Wildman–Crippen LogP) is 2.54. The van der Waals surface area contributed by atoms with Crippen LogP contribution in [-0.2, 0) is 4.74 Å². The molecule has 1 saturated heterocycles. The summed E-state index contributed by atoms with van der Waals surface area (Å²) < 4.78 is 10.0. The molecule has 0 radical (unpaired) electrons. The maximum Gasteiger partial charge on any atom is 0.0686 e. The third-order valence-electron chi connectivity index (χ3n) is 4.38. The van der Waals surface area contributed by atoms with Crippen molar-refractivity contribution in [1.29, 1.82) is 0 Å². The molecule has 18 heavy (non-hydrogen) atoms. The van der Waals surface area contributed by atoms with Gasteiger partial charge in [-0.2, -0.15) is 0 Å². The lowest BCUT2D eigenvalue weighted by molar-refractivity contribution is -0.147. The molecule has 3 rings (SSSR count). The first-order valence-corrected chi connectivity index (χ1v) is 7.75. The smallest absolute Gasteiger partial charge is 0.0686 e. The lowest BCUT2D eigenvalue weighted by Gasteiger charge is -2.48. The normalized spacial score (nSPS) is 27.9. The van der Waals surface area contributed by atoms with E-state index in [1.807, 2.05) is 6.20 Å². The van der Waals surface area contributed by atoms with Crippen molar-refractivity contribution in [3.05, 3.63) is 11.1 Å². The second-order valence-corrected chi connectivity index (χ2v) is 6.31. The van der Waals surface area contributed by atoms with Crippen molar-refractivity contribution < 1.29 is 4.74 Å². The Morgan fingerprint density at radius 3 is 3.11 bits per heavy atom. The number of hydrogen-bond donors (Lipinski definition) is 1. The summed E-state index contributed by atoms with van der Waals surface area (Å²) in [5.74, 6) is 0.668. The van der Waals surface area contributed by atoms with E-state index >= 15 is 0 Å². The molecule has 1 aromatic heterocycles. The summed E-state index contributed by atoms with van der Waals surface area (Å²) >= 11 is 1.53. The fourth-order valence-electron chi connectivity index (χ4n) is 3.30. The molecule has 5 heteroatoms. The minimum absolute atomic E-state index is 0.217. The van der Waals surface area contributed by atoms with Gasteiger partial charge >= 0.3 is 0 Å². The van der Waals surface area contributed by atoms with Gasteiger partial charge in [0.15, 0.2) is 0 Å². The fourth-order valence-corrected chi connectivity index (χ4v) is 3.97. The van der Waals surface area contributed by atoms with Gasteiger partial charge in [-0.15, -0.1) is 5.10 Å². The van der Waals surface area contributed by atoms with Crippen LogP contribution in [0.15, 0.2) is 6.20 Å². The van der Waals surface area contributed by atoms with Crippen LogP contribution in [0.4, 0.5) is 0 Å². The van der Waals surface area contributed by atoms with Crippen molar-refractivity contribution in [3.63, 3.8) is 0 Å². The molecule has 1 saturated carbocycles. The zero-order chi connectivity index (χ0) is 12.4. The summed E-state index contributed by atoms with van der Waals surface area (Å²) in [6.45, 7) is 4.08. The summed E-state index contributed by atoms with van der Waals surface area (Å²) in [6, 6.07) is 0.413. The zero-order valence-electron chi connectivity index (χ0n) is 10.9. The highest BCUT2D eigenvalue weighted by molar-refractivity contribution is 7.05. The quantitative estimate of drug-likeness (QED) is 0.910. The standard InChI is InChI=1S/C13H21N3OS/c1-2-14-12(11-9-15-16-18-11)10-4-7-17-13(8-10)5-3-6-13/h9-10,12,14H,2-8H2,1H3. The van der Waals surface area contributed by atoms with Crippen molar-refractivity contribution in [1.82, 2.24) is 14.9 Å². The van der Waals surface area contributed by atoms with Gasteiger partial charge in [-0.25, -0.2) is 0 Å². The van der Waals surface area contributed by atoms with E-state index in [4.69, 9.17) is 4.74 Å². The number of aromatic nitrogens is 2. The summed E-state index contributed by atoms with van der Waals surface area (Å²) in [7, 11) is 0. The average Bonchev–Trinajstić information content (AvgIpc) is 2.88. The first-order chi connectivity index (χ1) is 8.83. The van der Waals surface area contributed by atoms with Crippen LogP contribution in [0, 0.1) is 5.92 Å². The topological polar surface area (TPSA) is 47.0 Å². The molecule has 0 aromatic carbocycles. The Kier molecular flexibility index (Phi) is 3.63. The number of ether oxygens (including phenoxy) is 1. The van der Waals surface area contributed by atoms with E-state index in [0.29, 0.717) is 12.0 Å². The van der Waals surface area contributed by atoms with Crippen LogP contribution in [-0.4, -0.2) is 28.3 Å². The monoisotopic (exact) mass is 267 g/mol. The Morgan fingerprint density at radius 2 is 2.50 bits per heavy atom. The first kappa shape index (κ1) is 12.5. The van der Waals surface area contributed by atoms with Gasteiger partial charge in [0.05, 0.1) is 16.7 Å². The van der Waals surface area contributed by atoms with E-state index in [-0.39, 0.29) is 5.60 Å². The lowest BCUT2D eigenvalue weighted by atomic mass is 9.70. The van der Waals surface area contributed by atoms with Crippen LogP contribution in [0.3, 0.4) is 0 Å². The molecule has 4 nitrogen and oxygen atoms in total. The number of rotatable bonds is 4. The third-order valence-corrected chi connectivity index (χ3v) is 5.12. The van der Waals surface area contributed by atoms with Crippen LogP contribution < -0.4 is 5.32 Å². The summed E-state index contributed by atoms with van der Waals surface area (Å²) in [5, 5.41) is 7.60. The highest BCUT2D eigenvalue weighted by atomic mass is 32.1. The molecule has 1 spiro atoms. The average molecular weight is 267 g/mol. The minimum atomic E-state index is 0.217. The second kappa shape index (κ2) is 5.23. The number of hydrogen-bond acceptors (Lipinski definition) is 5. The van der Waals surface area contributed by atoms with Gasteiger partial charge in [0, 0.05) is 12.6 Å². The molecule has 0 amide bonds. The van der Waals surface area contributed by atoms with Crippen molar-refractivity contribution in [2.45, 2.75) is 50.7 Å². The molecule has 1 aliphatic heterocycles. The largest absolute Gasteiger partial charge is 0.375 e. The molecule has 100 valence electrons. The minimum Gasteiger partial charge on any atom is -0.375 e. The molecule has 1 N–H and O–H groups in total. The van der Waals surface area contributed by atoms with Gasteiger partial charge in [0.25, 0.3) is 0 Å². The highest BCUT2D eigenvalue weighted by Gasteiger charge is 2.44. The summed E-state index contributed by atoms with van der Waals surface area (Å²) in [4.78, 5) is 1.28. The van der Waals surface area contributed by atoms with Crippen LogP contribution in [0.1, 0.15) is 49.9 Å². The van der Waals surface area contributed by atoms with Crippen LogP contribution >= 0.6 is 11.5 Å². The van der Waals surface area contributed by atoms with E-state index in [0.717, 1.165) is 19.6 Å². The Hall–Kier alpha value is -0.520. The molecule has 2 heterocycles. The maximum atomic E-state index is 6.02. The van der Waals surface area contributed by atoms with Crippen molar-refractivity contribution in [2.24, 2.45) is 5.92 Å². The van der Waals surface area contributed by atoms with Gasteiger partial charge in [-0.1, -0.05) is 11.4 Å². The zero-order valence-corrected chi connectivity index (χ0v) is 11.7. The van der Waals surface area contributed by atoms with Crippen LogP contribution in [0.2, 0.25) is 0 Å². The number of nitrogens with zero attached hydrogens (tertiary/aromatic N) is 2. The van der Waals surface area contributed by atoms with E-state index in [1.54, 1.807) is 0 Å². The van der Waals surface area contributed by atoms with Gasteiger partial charge in [0.2, 0.25) is 0 Å². The van der Waals surface area contributed by atoms with Gasteiger partial charge in [0.1, 0.15) is 0 Å². The van der Waals surface area contributed by atoms with Crippen molar-refractivity contribution >= 4 is 11.5 Å².